The Bertz CT molecular complexity index is 643. The minimum Gasteiger partial charge on any atom is -1.00 e. The van der Waals surface area contributed by atoms with Gasteiger partial charge in [0.25, 0.3) is 0 Å². The van der Waals surface area contributed by atoms with Crippen molar-refractivity contribution in [1.29, 1.82) is 0 Å². The number of aliphatic hydroxyl groups is 1. The van der Waals surface area contributed by atoms with Gasteiger partial charge in [-0.2, -0.15) is 0 Å². The van der Waals surface area contributed by atoms with Crippen molar-refractivity contribution in [2.45, 2.75) is 51.7 Å². The molecule has 1 aliphatic rings. The van der Waals surface area contributed by atoms with Crippen LogP contribution >= 0.6 is 0 Å². The number of halogens is 2. The first kappa shape index (κ1) is 30.5. The number of ether oxygens (including phenoxy) is 1. The molecule has 0 aromatic heterocycles. The number of rotatable bonds is 2. The molecule has 1 heterocycles. The molecule has 29 heavy (non-hydrogen) atoms. The van der Waals surface area contributed by atoms with Crippen molar-refractivity contribution >= 4 is 17.4 Å². The second-order valence-electron chi connectivity index (χ2n) is 7.56. The van der Waals surface area contributed by atoms with Gasteiger partial charge in [-0.05, 0) is 52.7 Å². The Labute approximate surface area is 197 Å². The minimum atomic E-state index is -1.09. The molecular formula is C22H35AlF2LiNO2. The van der Waals surface area contributed by atoms with Gasteiger partial charge >= 0.3 is 18.9 Å². The van der Waals surface area contributed by atoms with Crippen LogP contribution in [-0.4, -0.2) is 35.7 Å². The molecule has 2 aromatic carbocycles. The van der Waals surface area contributed by atoms with Gasteiger partial charge in [-0.15, -0.1) is 0 Å². The number of hydrogen-bond acceptors (Lipinski definition) is 3. The Kier molecular flexibility index (Phi) is 15.1. The molecule has 0 amide bonds. The zero-order chi connectivity index (χ0) is 20.5. The zero-order valence-electron chi connectivity index (χ0n) is 18.6. The van der Waals surface area contributed by atoms with E-state index in [9.17, 15) is 13.9 Å². The van der Waals surface area contributed by atoms with E-state index in [1.165, 1.54) is 25.0 Å². The molecule has 3 nitrogen and oxygen atoms in total. The quantitative estimate of drug-likeness (QED) is 0.711. The molecule has 1 saturated heterocycles. The Hall–Kier alpha value is -0.690. The Balaban J connectivity index is -0.000000367. The zero-order valence-corrected chi connectivity index (χ0v) is 17.6. The summed E-state index contributed by atoms with van der Waals surface area (Å²) in [5.41, 5.74) is 4.92. The molecule has 0 atom stereocenters. The van der Waals surface area contributed by atoms with Crippen molar-refractivity contribution < 1.29 is 38.9 Å². The molecule has 2 aromatic rings. The summed E-state index contributed by atoms with van der Waals surface area (Å²) in [7, 11) is 0. The number of benzene rings is 2. The first-order valence-corrected chi connectivity index (χ1v) is 9.12. The summed E-state index contributed by atoms with van der Waals surface area (Å²) in [4.78, 5) is 0. The van der Waals surface area contributed by atoms with Crippen molar-refractivity contribution in [3.05, 3.63) is 71.3 Å². The van der Waals surface area contributed by atoms with Gasteiger partial charge in [0, 0.05) is 29.9 Å². The van der Waals surface area contributed by atoms with E-state index in [0.717, 1.165) is 13.2 Å². The van der Waals surface area contributed by atoms with Gasteiger partial charge in [0.1, 0.15) is 11.6 Å². The standard InChI is InChI=1S/C9H12FN.C9H11FO.C4H8O.Al.Li.4H/c2*1-9(2,11)7-5-3-4-6-8(7)10;1-2-4-5-3-1;;;;;;/h3-6H,11H2,1-2H3;3-6,11H,1-2H3;1-4H2;;;;;;/q;;;;+1;;;;-1. The van der Waals surface area contributed by atoms with Crippen molar-refractivity contribution in [1.82, 2.24) is 0 Å². The third kappa shape index (κ3) is 11.9. The molecule has 3 N–H and O–H groups in total. The van der Waals surface area contributed by atoms with Crippen LogP contribution in [0.15, 0.2) is 48.5 Å². The van der Waals surface area contributed by atoms with E-state index < -0.39 is 11.1 Å². The Morgan fingerprint density at radius 1 is 0.862 bits per heavy atom. The van der Waals surface area contributed by atoms with Gasteiger partial charge < -0.3 is 17.0 Å². The summed E-state index contributed by atoms with van der Waals surface area (Å²) in [6, 6.07) is 12.8. The Morgan fingerprint density at radius 2 is 1.24 bits per heavy atom. The minimum absolute atomic E-state index is 0. The van der Waals surface area contributed by atoms with Gasteiger partial charge in [-0.1, -0.05) is 36.4 Å². The fourth-order valence-corrected chi connectivity index (χ4v) is 2.45. The fraction of sp³-hybridized carbons (Fsp3) is 0.455. The van der Waals surface area contributed by atoms with Crippen LogP contribution in [0.1, 0.15) is 53.1 Å². The molecule has 7 heteroatoms. The maximum atomic E-state index is 13.0. The third-order valence-corrected chi connectivity index (χ3v) is 3.93. The largest absolute Gasteiger partial charge is 1.00 e. The van der Waals surface area contributed by atoms with Crippen LogP contribution in [0, 0.1) is 11.6 Å². The molecule has 0 unspecified atom stereocenters. The van der Waals surface area contributed by atoms with Crippen molar-refractivity contribution in [2.24, 2.45) is 5.73 Å². The van der Waals surface area contributed by atoms with Crippen molar-refractivity contribution in [3.63, 3.8) is 0 Å². The van der Waals surface area contributed by atoms with Gasteiger partial charge in [0.15, 0.2) is 17.4 Å². The van der Waals surface area contributed by atoms with Crippen LogP contribution < -0.4 is 24.6 Å². The molecule has 0 aliphatic carbocycles. The normalized spacial score (nSPS) is 13.0. The van der Waals surface area contributed by atoms with Gasteiger partial charge in [-0.3, -0.25) is 0 Å². The van der Waals surface area contributed by atoms with Crippen molar-refractivity contribution in [2.75, 3.05) is 13.2 Å². The van der Waals surface area contributed by atoms with Crippen LogP contribution in [0.5, 0.6) is 0 Å². The van der Waals surface area contributed by atoms with E-state index in [0.29, 0.717) is 11.1 Å². The van der Waals surface area contributed by atoms with E-state index in [4.69, 9.17) is 10.5 Å². The SMILES string of the molecule is C1CCOC1.CC(C)(N)c1ccccc1F.CC(C)(O)c1ccccc1F.[AlH3].[H-].[Li+]. The summed E-state index contributed by atoms with van der Waals surface area (Å²) in [5.74, 6) is -0.597. The van der Waals surface area contributed by atoms with Crippen LogP contribution in [0.25, 0.3) is 0 Å². The van der Waals surface area contributed by atoms with Crippen LogP contribution in [-0.2, 0) is 15.9 Å². The molecule has 0 bridgehead atoms. The van der Waals surface area contributed by atoms with Crippen molar-refractivity contribution in [3.8, 4) is 0 Å². The van der Waals surface area contributed by atoms with Crippen LogP contribution in [0.4, 0.5) is 8.78 Å². The van der Waals surface area contributed by atoms with Gasteiger partial charge in [-0.25, -0.2) is 8.78 Å². The third-order valence-electron chi connectivity index (χ3n) is 3.93. The number of hydrogen-bond donors (Lipinski definition) is 2. The smallest absolute Gasteiger partial charge is 1.00 e. The van der Waals surface area contributed by atoms with E-state index in [1.807, 2.05) is 0 Å². The van der Waals surface area contributed by atoms with Crippen LogP contribution in [0.2, 0.25) is 0 Å². The fourth-order valence-electron chi connectivity index (χ4n) is 2.45. The average Bonchev–Trinajstić information content (AvgIpc) is 3.14. The molecule has 3 rings (SSSR count). The average molecular weight is 417 g/mol. The first-order chi connectivity index (χ1) is 12.5. The van der Waals surface area contributed by atoms with E-state index in [2.05, 4.69) is 0 Å². The predicted octanol–water partition coefficient (Wildman–Crippen LogP) is 0.802. The first-order valence-electron chi connectivity index (χ1n) is 9.12. The van der Waals surface area contributed by atoms with E-state index in [1.54, 1.807) is 64.1 Å². The predicted molar refractivity (Wildman–Crippen MR) is 116 cm³/mol. The molecule has 1 fully saturated rings. The second kappa shape index (κ2) is 14.3. The molecular weight excluding hydrogens is 382 g/mol. The summed E-state index contributed by atoms with van der Waals surface area (Å²) in [5, 5.41) is 9.43. The Morgan fingerprint density at radius 3 is 1.45 bits per heavy atom. The summed E-state index contributed by atoms with van der Waals surface area (Å²) >= 11 is 0. The molecule has 158 valence electrons. The maximum Gasteiger partial charge on any atom is 1.00 e. The van der Waals surface area contributed by atoms with E-state index >= 15 is 0 Å². The molecule has 0 spiro atoms. The summed E-state index contributed by atoms with van der Waals surface area (Å²) in [6.07, 6.45) is 2.56. The molecule has 0 radical (unpaired) electrons. The van der Waals surface area contributed by atoms with E-state index in [-0.39, 0.29) is 49.3 Å². The number of nitrogens with two attached hydrogens (primary N) is 1. The monoisotopic (exact) mass is 417 g/mol. The topological polar surface area (TPSA) is 55.5 Å². The summed E-state index contributed by atoms with van der Waals surface area (Å²) < 4.78 is 30.9. The van der Waals surface area contributed by atoms with Gasteiger partial charge in [0.05, 0.1) is 5.60 Å². The van der Waals surface area contributed by atoms with Gasteiger partial charge in [0.2, 0.25) is 0 Å². The molecule has 0 saturated carbocycles. The summed E-state index contributed by atoms with van der Waals surface area (Å²) in [6.45, 7) is 8.69. The van der Waals surface area contributed by atoms with Crippen LogP contribution in [0.3, 0.4) is 0 Å². The molecule has 1 aliphatic heterocycles. The second-order valence-corrected chi connectivity index (χ2v) is 7.56. The maximum absolute atomic E-state index is 13.0.